The lowest BCUT2D eigenvalue weighted by atomic mass is 9.91. The summed E-state index contributed by atoms with van der Waals surface area (Å²) in [6, 6.07) is 56.2. The quantitative estimate of drug-likeness (QED) is 0.173. The molecule has 0 bridgehead atoms. The molecule has 0 aliphatic rings. The minimum atomic E-state index is 0.618. The molecule has 0 atom stereocenters. The Morgan fingerprint density at radius 1 is 0.353 bits per heavy atom. The van der Waals surface area contributed by atoms with E-state index in [1.807, 2.05) is 85.1 Å². The third-order valence-corrected chi connectivity index (χ3v) is 9.57. The lowest BCUT2D eigenvalue weighted by Gasteiger charge is -2.13. The molecule has 238 valence electrons. The van der Waals surface area contributed by atoms with E-state index in [1.54, 1.807) is 0 Å². The van der Waals surface area contributed by atoms with Crippen molar-refractivity contribution in [1.29, 1.82) is 0 Å². The summed E-state index contributed by atoms with van der Waals surface area (Å²) in [5.41, 5.74) is 9.76. The monoisotopic (exact) mass is 652 g/mol. The highest BCUT2D eigenvalue weighted by Crippen LogP contribution is 2.42. The smallest absolute Gasteiger partial charge is 0.164 e. The second-order valence-corrected chi connectivity index (χ2v) is 12.7. The van der Waals surface area contributed by atoms with Gasteiger partial charge in [-0.3, -0.25) is 4.98 Å². The van der Waals surface area contributed by atoms with E-state index in [2.05, 4.69) is 84.9 Å². The summed E-state index contributed by atoms with van der Waals surface area (Å²) in [5.74, 6) is 1.89. The van der Waals surface area contributed by atoms with Gasteiger partial charge < -0.3 is 4.42 Å². The van der Waals surface area contributed by atoms with Crippen LogP contribution in [0, 0.1) is 0 Å². The van der Waals surface area contributed by atoms with E-state index < -0.39 is 0 Å². The topological polar surface area (TPSA) is 64.7 Å². The van der Waals surface area contributed by atoms with Crippen molar-refractivity contribution in [3.05, 3.63) is 170 Å². The largest absolute Gasteiger partial charge is 0.455 e. The Morgan fingerprint density at radius 2 is 0.902 bits per heavy atom. The number of hydrogen-bond acceptors (Lipinski definition) is 5. The van der Waals surface area contributed by atoms with Crippen LogP contribution in [0.1, 0.15) is 0 Å². The van der Waals surface area contributed by atoms with Gasteiger partial charge in [0.15, 0.2) is 17.5 Å². The number of para-hydroxylation sites is 1. The number of aromatic nitrogens is 4. The van der Waals surface area contributed by atoms with Crippen LogP contribution in [0.2, 0.25) is 0 Å². The summed E-state index contributed by atoms with van der Waals surface area (Å²) >= 11 is 0. The molecule has 0 aliphatic heterocycles. The highest BCUT2D eigenvalue weighted by atomic mass is 16.3. The zero-order valence-electron chi connectivity index (χ0n) is 27.4. The van der Waals surface area contributed by atoms with Gasteiger partial charge in [-0.1, -0.05) is 133 Å². The number of fused-ring (bicyclic) bond motifs is 6. The molecule has 0 amide bonds. The van der Waals surface area contributed by atoms with Gasteiger partial charge in [-0.05, 0) is 57.8 Å². The SMILES string of the molecule is c1ccc(-c2nc(-c3ccccc3)nc(-c3ccc(-c4cc(-c5cc6ncccc6c6ccccc56)cc5c4oc4ccccc45)cc3)n2)cc1. The molecule has 0 unspecified atom stereocenters. The molecule has 7 aromatic carbocycles. The predicted molar refractivity (Wildman–Crippen MR) is 207 cm³/mol. The number of furan rings is 1. The van der Waals surface area contributed by atoms with Crippen LogP contribution in [0.3, 0.4) is 0 Å². The van der Waals surface area contributed by atoms with Gasteiger partial charge in [-0.25, -0.2) is 15.0 Å². The summed E-state index contributed by atoms with van der Waals surface area (Å²) in [6.07, 6.45) is 1.86. The van der Waals surface area contributed by atoms with Crippen molar-refractivity contribution < 1.29 is 4.42 Å². The molecule has 0 fully saturated rings. The normalized spacial score (nSPS) is 11.5. The molecule has 0 N–H and O–H groups in total. The van der Waals surface area contributed by atoms with Crippen LogP contribution in [-0.4, -0.2) is 19.9 Å². The van der Waals surface area contributed by atoms with E-state index >= 15 is 0 Å². The van der Waals surface area contributed by atoms with E-state index in [4.69, 9.17) is 24.4 Å². The Bertz CT molecular complexity index is 2840. The summed E-state index contributed by atoms with van der Waals surface area (Å²) in [6.45, 7) is 0. The van der Waals surface area contributed by atoms with Crippen LogP contribution in [0.15, 0.2) is 174 Å². The molecular formula is C46H28N4O. The number of benzene rings is 7. The molecule has 0 saturated carbocycles. The second kappa shape index (κ2) is 11.9. The van der Waals surface area contributed by atoms with E-state index in [0.29, 0.717) is 17.5 Å². The molecule has 0 aliphatic carbocycles. The average molecular weight is 653 g/mol. The van der Waals surface area contributed by atoms with Gasteiger partial charge in [0, 0.05) is 44.6 Å². The number of rotatable bonds is 5. The van der Waals surface area contributed by atoms with Crippen molar-refractivity contribution in [3.8, 4) is 56.4 Å². The highest BCUT2D eigenvalue weighted by Gasteiger charge is 2.18. The zero-order chi connectivity index (χ0) is 33.7. The summed E-state index contributed by atoms with van der Waals surface area (Å²) in [4.78, 5) is 19.5. The predicted octanol–water partition coefficient (Wildman–Crippen LogP) is 11.8. The fourth-order valence-corrected chi connectivity index (χ4v) is 7.10. The number of hydrogen-bond donors (Lipinski definition) is 0. The lowest BCUT2D eigenvalue weighted by Crippen LogP contribution is -2.00. The first-order valence-electron chi connectivity index (χ1n) is 17.0. The van der Waals surface area contributed by atoms with Crippen LogP contribution in [0.5, 0.6) is 0 Å². The maximum absolute atomic E-state index is 6.59. The molecule has 51 heavy (non-hydrogen) atoms. The van der Waals surface area contributed by atoms with Crippen LogP contribution in [0.4, 0.5) is 0 Å². The highest BCUT2D eigenvalue weighted by molar-refractivity contribution is 6.16. The van der Waals surface area contributed by atoms with Crippen molar-refractivity contribution >= 4 is 43.6 Å². The first-order valence-corrected chi connectivity index (χ1v) is 17.0. The fourth-order valence-electron chi connectivity index (χ4n) is 7.10. The molecule has 0 saturated heterocycles. The third kappa shape index (κ3) is 5.03. The first-order chi connectivity index (χ1) is 25.3. The Morgan fingerprint density at radius 3 is 1.59 bits per heavy atom. The molecule has 5 nitrogen and oxygen atoms in total. The standard InChI is InChI=1S/C46H28N4O/c1-3-12-30(13-4-1)44-48-45(31-14-5-2-6-15-31)50-46(49-44)32-23-21-29(22-24-32)39-26-33(27-40-37-18-9-10-20-42(37)51-43(39)40)38-28-41-36(19-11-25-47-41)34-16-7-8-17-35(34)38/h1-28H. The van der Waals surface area contributed by atoms with Gasteiger partial charge in [0.2, 0.25) is 0 Å². The molecular weight excluding hydrogens is 625 g/mol. The Kier molecular flexibility index (Phi) is 6.74. The molecule has 3 aromatic heterocycles. The molecule has 10 rings (SSSR count). The molecule has 5 heteroatoms. The average Bonchev–Trinajstić information content (AvgIpc) is 3.59. The lowest BCUT2D eigenvalue weighted by molar-refractivity contribution is 0.670. The molecule has 0 radical (unpaired) electrons. The summed E-state index contributed by atoms with van der Waals surface area (Å²) in [5, 5.41) is 5.67. The van der Waals surface area contributed by atoms with Gasteiger partial charge in [0.1, 0.15) is 11.2 Å². The summed E-state index contributed by atoms with van der Waals surface area (Å²) in [7, 11) is 0. The third-order valence-electron chi connectivity index (χ3n) is 9.57. The summed E-state index contributed by atoms with van der Waals surface area (Å²) < 4.78 is 6.59. The van der Waals surface area contributed by atoms with E-state index in [0.717, 1.165) is 71.8 Å². The Hall–Kier alpha value is -6.98. The minimum Gasteiger partial charge on any atom is -0.455 e. The van der Waals surface area contributed by atoms with Gasteiger partial charge in [0.05, 0.1) is 5.52 Å². The van der Waals surface area contributed by atoms with Crippen LogP contribution in [0.25, 0.3) is 100 Å². The zero-order valence-corrected chi connectivity index (χ0v) is 27.4. The van der Waals surface area contributed by atoms with Gasteiger partial charge in [0.25, 0.3) is 0 Å². The van der Waals surface area contributed by atoms with E-state index in [1.165, 1.54) is 10.8 Å². The molecule has 3 heterocycles. The molecule has 10 aromatic rings. The molecule has 0 spiro atoms. The van der Waals surface area contributed by atoms with Crippen molar-refractivity contribution in [2.24, 2.45) is 0 Å². The number of nitrogens with zero attached hydrogens (tertiary/aromatic N) is 4. The maximum atomic E-state index is 6.59. The van der Waals surface area contributed by atoms with Crippen molar-refractivity contribution in [2.45, 2.75) is 0 Å². The minimum absolute atomic E-state index is 0.618. The fraction of sp³-hybridized carbons (Fsp3) is 0. The Balaban J connectivity index is 1.15. The Labute approximate surface area is 293 Å². The van der Waals surface area contributed by atoms with Crippen molar-refractivity contribution in [1.82, 2.24) is 19.9 Å². The van der Waals surface area contributed by atoms with Gasteiger partial charge in [-0.15, -0.1) is 0 Å². The van der Waals surface area contributed by atoms with Crippen molar-refractivity contribution in [2.75, 3.05) is 0 Å². The first kappa shape index (κ1) is 29.0. The van der Waals surface area contributed by atoms with E-state index in [-0.39, 0.29) is 0 Å². The maximum Gasteiger partial charge on any atom is 0.164 e. The second-order valence-electron chi connectivity index (χ2n) is 12.7. The van der Waals surface area contributed by atoms with Crippen LogP contribution in [-0.2, 0) is 0 Å². The number of pyridine rings is 1. The van der Waals surface area contributed by atoms with Gasteiger partial charge in [-0.2, -0.15) is 0 Å². The van der Waals surface area contributed by atoms with Crippen LogP contribution < -0.4 is 0 Å². The van der Waals surface area contributed by atoms with Crippen LogP contribution >= 0.6 is 0 Å². The van der Waals surface area contributed by atoms with Crippen molar-refractivity contribution in [3.63, 3.8) is 0 Å². The van der Waals surface area contributed by atoms with E-state index in [9.17, 15) is 0 Å². The van der Waals surface area contributed by atoms with Gasteiger partial charge >= 0.3 is 0 Å².